The number of hydrogen-bond acceptors (Lipinski definition) is 3. The van der Waals surface area contributed by atoms with Crippen LogP contribution in [0, 0.1) is 0 Å². The normalized spacial score (nSPS) is 10.5. The summed E-state index contributed by atoms with van der Waals surface area (Å²) in [5, 5.41) is 15.1. The highest BCUT2D eigenvalue weighted by Crippen LogP contribution is 2.30. The molecule has 1 heterocycles. The summed E-state index contributed by atoms with van der Waals surface area (Å²) < 4.78 is 0.927. The van der Waals surface area contributed by atoms with Crippen LogP contribution in [0.4, 0.5) is 0 Å². The van der Waals surface area contributed by atoms with Crippen LogP contribution in [0.1, 0.15) is 17.3 Å². The number of phenolic OH excluding ortho intramolecular Hbond substituents is 1. The number of amides is 1. The van der Waals surface area contributed by atoms with E-state index in [4.69, 9.17) is 0 Å². The first-order valence-corrected chi connectivity index (χ1v) is 5.58. The number of hydrogen-bond donors (Lipinski definition) is 2. The van der Waals surface area contributed by atoms with Gasteiger partial charge in [-0.25, -0.2) is 0 Å². The molecular weight excluding hydrogens is 210 g/mol. The van der Waals surface area contributed by atoms with Crippen LogP contribution in [0.25, 0.3) is 10.1 Å². The van der Waals surface area contributed by atoms with Crippen LogP contribution >= 0.6 is 11.3 Å². The highest BCUT2D eigenvalue weighted by Gasteiger charge is 2.09. The summed E-state index contributed by atoms with van der Waals surface area (Å²) >= 11 is 1.51. The van der Waals surface area contributed by atoms with E-state index in [9.17, 15) is 9.90 Å². The molecule has 0 saturated heterocycles. The number of carbonyl (C=O) groups excluding carboxylic acids is 1. The number of thiophene rings is 1. The topological polar surface area (TPSA) is 49.3 Å². The minimum atomic E-state index is -0.150. The Kier molecular flexibility index (Phi) is 2.60. The van der Waals surface area contributed by atoms with Gasteiger partial charge in [0.25, 0.3) is 5.91 Å². The molecule has 3 nitrogen and oxygen atoms in total. The van der Waals surface area contributed by atoms with Gasteiger partial charge in [0.05, 0.1) is 0 Å². The fraction of sp³-hybridized carbons (Fsp3) is 0.182. The highest BCUT2D eigenvalue weighted by atomic mass is 32.1. The minimum Gasteiger partial charge on any atom is -0.507 e. The zero-order chi connectivity index (χ0) is 10.8. The average molecular weight is 221 g/mol. The molecule has 0 spiro atoms. The standard InChI is InChI=1S/C11H11NO2S/c1-2-12-11(14)7-5-9(13)8-3-4-15-10(8)6-7/h3-6,13H,2H2,1H3,(H,12,14). The van der Waals surface area contributed by atoms with E-state index in [-0.39, 0.29) is 11.7 Å². The van der Waals surface area contributed by atoms with Gasteiger partial charge < -0.3 is 10.4 Å². The molecule has 1 amide bonds. The molecule has 1 aromatic carbocycles. The van der Waals surface area contributed by atoms with Crippen molar-refractivity contribution >= 4 is 27.3 Å². The molecule has 0 atom stereocenters. The summed E-state index contributed by atoms with van der Waals surface area (Å²) in [5.41, 5.74) is 0.504. The van der Waals surface area contributed by atoms with Crippen molar-refractivity contribution in [1.82, 2.24) is 5.32 Å². The monoisotopic (exact) mass is 221 g/mol. The van der Waals surface area contributed by atoms with Gasteiger partial charge >= 0.3 is 0 Å². The first-order valence-electron chi connectivity index (χ1n) is 4.70. The van der Waals surface area contributed by atoms with Gasteiger partial charge in [-0.1, -0.05) is 0 Å². The minimum absolute atomic E-state index is 0.150. The maximum absolute atomic E-state index is 11.5. The Hall–Kier alpha value is -1.55. The van der Waals surface area contributed by atoms with Crippen LogP contribution in [-0.4, -0.2) is 17.6 Å². The largest absolute Gasteiger partial charge is 0.507 e. The Morgan fingerprint density at radius 3 is 3.07 bits per heavy atom. The Morgan fingerprint density at radius 1 is 1.53 bits per heavy atom. The lowest BCUT2D eigenvalue weighted by molar-refractivity contribution is 0.0955. The molecule has 2 rings (SSSR count). The third kappa shape index (κ3) is 1.80. The average Bonchev–Trinajstić information content (AvgIpc) is 2.66. The van der Waals surface area contributed by atoms with Crippen molar-refractivity contribution in [2.24, 2.45) is 0 Å². The van der Waals surface area contributed by atoms with E-state index in [0.717, 1.165) is 10.1 Å². The lowest BCUT2D eigenvalue weighted by atomic mass is 10.1. The number of nitrogens with one attached hydrogen (secondary N) is 1. The summed E-state index contributed by atoms with van der Waals surface area (Å²) in [6.07, 6.45) is 0. The van der Waals surface area contributed by atoms with Crippen molar-refractivity contribution in [2.45, 2.75) is 6.92 Å². The highest BCUT2D eigenvalue weighted by molar-refractivity contribution is 7.17. The zero-order valence-electron chi connectivity index (χ0n) is 8.28. The number of benzene rings is 1. The predicted molar refractivity (Wildman–Crippen MR) is 61.5 cm³/mol. The number of fused-ring (bicyclic) bond motifs is 1. The van der Waals surface area contributed by atoms with Crippen molar-refractivity contribution in [1.29, 1.82) is 0 Å². The summed E-state index contributed by atoms with van der Waals surface area (Å²) in [6, 6.07) is 5.14. The lowest BCUT2D eigenvalue weighted by Crippen LogP contribution is -2.22. The second-order valence-electron chi connectivity index (χ2n) is 3.19. The van der Waals surface area contributed by atoms with E-state index in [1.54, 1.807) is 6.07 Å². The molecule has 0 bridgehead atoms. The van der Waals surface area contributed by atoms with E-state index < -0.39 is 0 Å². The molecule has 1 aromatic heterocycles. The molecule has 0 saturated carbocycles. The van der Waals surface area contributed by atoms with Crippen LogP contribution in [0.5, 0.6) is 5.75 Å². The van der Waals surface area contributed by atoms with Gasteiger partial charge in [-0.3, -0.25) is 4.79 Å². The van der Waals surface area contributed by atoms with Crippen molar-refractivity contribution in [2.75, 3.05) is 6.54 Å². The Morgan fingerprint density at radius 2 is 2.33 bits per heavy atom. The van der Waals surface area contributed by atoms with Crippen molar-refractivity contribution in [3.8, 4) is 5.75 Å². The second-order valence-corrected chi connectivity index (χ2v) is 4.13. The Labute approximate surface area is 91.4 Å². The molecule has 4 heteroatoms. The van der Waals surface area contributed by atoms with Crippen LogP contribution < -0.4 is 5.32 Å². The number of phenols is 1. The fourth-order valence-corrected chi connectivity index (χ4v) is 2.29. The number of rotatable bonds is 2. The van der Waals surface area contributed by atoms with Crippen LogP contribution in [-0.2, 0) is 0 Å². The van der Waals surface area contributed by atoms with Gasteiger partial charge in [0, 0.05) is 22.2 Å². The van der Waals surface area contributed by atoms with E-state index in [2.05, 4.69) is 5.32 Å². The molecule has 0 radical (unpaired) electrons. The Bertz CT molecular complexity index is 504. The molecule has 0 aliphatic heterocycles. The van der Waals surface area contributed by atoms with Crippen LogP contribution in [0.3, 0.4) is 0 Å². The summed E-state index contributed by atoms with van der Waals surface area (Å²) in [7, 11) is 0. The first kappa shape index (κ1) is 9.98. The number of aromatic hydroxyl groups is 1. The fourth-order valence-electron chi connectivity index (χ4n) is 1.45. The zero-order valence-corrected chi connectivity index (χ0v) is 9.10. The molecule has 2 N–H and O–H groups in total. The van der Waals surface area contributed by atoms with E-state index >= 15 is 0 Å². The van der Waals surface area contributed by atoms with Crippen LogP contribution in [0.15, 0.2) is 23.6 Å². The summed E-state index contributed by atoms with van der Waals surface area (Å²) in [4.78, 5) is 11.5. The third-order valence-corrected chi connectivity index (χ3v) is 3.01. The van der Waals surface area contributed by atoms with E-state index in [0.29, 0.717) is 12.1 Å². The molecule has 0 aliphatic carbocycles. The molecule has 15 heavy (non-hydrogen) atoms. The van der Waals surface area contributed by atoms with Gasteiger partial charge in [-0.15, -0.1) is 11.3 Å². The summed E-state index contributed by atoms with van der Waals surface area (Å²) in [5.74, 6) is 0.0121. The summed E-state index contributed by atoms with van der Waals surface area (Å²) in [6.45, 7) is 2.45. The maximum atomic E-state index is 11.5. The first-order chi connectivity index (χ1) is 7.22. The molecule has 0 fully saturated rings. The third-order valence-electron chi connectivity index (χ3n) is 2.15. The molecular formula is C11H11NO2S. The molecule has 0 unspecified atom stereocenters. The number of carbonyl (C=O) groups is 1. The second kappa shape index (κ2) is 3.90. The van der Waals surface area contributed by atoms with Crippen molar-refractivity contribution < 1.29 is 9.90 Å². The lowest BCUT2D eigenvalue weighted by Gasteiger charge is -2.03. The Balaban J connectivity index is 2.49. The van der Waals surface area contributed by atoms with Gasteiger partial charge in [-0.2, -0.15) is 0 Å². The molecule has 2 aromatic rings. The molecule has 78 valence electrons. The van der Waals surface area contributed by atoms with Crippen molar-refractivity contribution in [3.63, 3.8) is 0 Å². The molecule has 0 aliphatic rings. The van der Waals surface area contributed by atoms with Gasteiger partial charge in [0.15, 0.2) is 0 Å². The van der Waals surface area contributed by atoms with E-state index in [1.807, 2.05) is 18.4 Å². The quantitative estimate of drug-likeness (QED) is 0.817. The predicted octanol–water partition coefficient (Wildman–Crippen LogP) is 2.36. The van der Waals surface area contributed by atoms with Gasteiger partial charge in [0.1, 0.15) is 5.75 Å². The van der Waals surface area contributed by atoms with E-state index in [1.165, 1.54) is 17.4 Å². The smallest absolute Gasteiger partial charge is 0.251 e. The van der Waals surface area contributed by atoms with Crippen LogP contribution in [0.2, 0.25) is 0 Å². The van der Waals surface area contributed by atoms with Crippen molar-refractivity contribution in [3.05, 3.63) is 29.1 Å². The van der Waals surface area contributed by atoms with Gasteiger partial charge in [0.2, 0.25) is 0 Å². The SMILES string of the molecule is CCNC(=O)c1cc(O)c2ccsc2c1. The van der Waals surface area contributed by atoms with Gasteiger partial charge in [-0.05, 0) is 30.5 Å². The maximum Gasteiger partial charge on any atom is 0.251 e.